The number of likely N-dealkylation sites (N-methyl/N-ethyl adjacent to an activating group) is 1. The Morgan fingerprint density at radius 3 is 2.44 bits per heavy atom. The van der Waals surface area contributed by atoms with Crippen LogP contribution >= 0.6 is 0 Å². The van der Waals surface area contributed by atoms with Crippen molar-refractivity contribution >= 4 is 12.1 Å². The Hall–Kier alpha value is -1.48. The molecule has 1 aromatic rings. The molecule has 0 amide bonds. The summed E-state index contributed by atoms with van der Waals surface area (Å²) in [4.78, 5) is 21.8. The highest BCUT2D eigenvalue weighted by molar-refractivity contribution is 5.94. The molecule has 3 nitrogen and oxygen atoms in total. The van der Waals surface area contributed by atoms with Crippen LogP contribution in [0.1, 0.15) is 29.8 Å². The van der Waals surface area contributed by atoms with Crippen LogP contribution < -0.4 is 5.32 Å². The predicted octanol–water partition coefficient (Wildman–Crippen LogP) is 1.61. The van der Waals surface area contributed by atoms with E-state index in [4.69, 9.17) is 0 Å². The Morgan fingerprint density at radius 1 is 1.38 bits per heavy atom. The molecule has 0 bridgehead atoms. The lowest BCUT2D eigenvalue weighted by Gasteiger charge is -2.10. The fourth-order valence-electron chi connectivity index (χ4n) is 1.56. The maximum Gasteiger partial charge on any atom is 0.159 e. The number of carbonyl (C=O) groups is 2. The van der Waals surface area contributed by atoms with Crippen molar-refractivity contribution in [3.63, 3.8) is 0 Å². The van der Waals surface area contributed by atoms with E-state index in [9.17, 15) is 9.59 Å². The quantitative estimate of drug-likeness (QED) is 0.584. The molecule has 1 atom stereocenters. The van der Waals surface area contributed by atoms with Gasteiger partial charge in [-0.25, -0.2) is 0 Å². The Kier molecular flexibility index (Phi) is 4.86. The highest BCUT2D eigenvalue weighted by Crippen LogP contribution is 2.07. The van der Waals surface area contributed by atoms with Crippen molar-refractivity contribution in [3.05, 3.63) is 35.4 Å². The molecular weight excluding hydrogens is 202 g/mol. The van der Waals surface area contributed by atoms with Gasteiger partial charge in [-0.15, -0.1) is 0 Å². The van der Waals surface area contributed by atoms with Crippen molar-refractivity contribution in [1.82, 2.24) is 5.32 Å². The Balaban J connectivity index is 2.67. The molecule has 0 aliphatic rings. The molecule has 0 radical (unpaired) electrons. The van der Waals surface area contributed by atoms with E-state index in [2.05, 4.69) is 5.32 Å². The zero-order valence-corrected chi connectivity index (χ0v) is 9.69. The molecule has 0 aromatic heterocycles. The maximum absolute atomic E-state index is 11.1. The van der Waals surface area contributed by atoms with Crippen LogP contribution in [-0.4, -0.2) is 24.7 Å². The Bertz CT molecular complexity index is 357. The minimum absolute atomic E-state index is 0.0603. The van der Waals surface area contributed by atoms with Gasteiger partial charge in [-0.05, 0) is 25.5 Å². The molecule has 0 saturated carbocycles. The van der Waals surface area contributed by atoms with Crippen LogP contribution in [0, 0.1) is 0 Å². The first-order valence-electron chi connectivity index (χ1n) is 5.46. The number of benzene rings is 1. The summed E-state index contributed by atoms with van der Waals surface area (Å²) in [6, 6.07) is 7.24. The van der Waals surface area contributed by atoms with Gasteiger partial charge in [-0.1, -0.05) is 31.2 Å². The van der Waals surface area contributed by atoms with Crippen molar-refractivity contribution < 1.29 is 9.59 Å². The molecule has 3 heteroatoms. The van der Waals surface area contributed by atoms with E-state index >= 15 is 0 Å². The van der Waals surface area contributed by atoms with Crippen LogP contribution in [0.25, 0.3) is 0 Å². The number of hydrogen-bond acceptors (Lipinski definition) is 3. The van der Waals surface area contributed by atoms with Crippen molar-refractivity contribution in [3.8, 4) is 0 Å². The number of rotatable bonds is 6. The minimum atomic E-state index is -0.145. The third kappa shape index (κ3) is 3.59. The molecule has 0 aliphatic carbocycles. The lowest BCUT2D eigenvalue weighted by molar-refractivity contribution is -0.109. The number of aldehydes is 1. The fraction of sp³-hybridized carbons (Fsp3) is 0.385. The van der Waals surface area contributed by atoms with Gasteiger partial charge in [-0.2, -0.15) is 0 Å². The summed E-state index contributed by atoms with van der Waals surface area (Å²) in [5.41, 5.74) is 1.76. The second-order valence-corrected chi connectivity index (χ2v) is 3.76. The van der Waals surface area contributed by atoms with Gasteiger partial charge in [0.05, 0.1) is 6.04 Å². The van der Waals surface area contributed by atoms with E-state index in [-0.39, 0.29) is 11.8 Å². The van der Waals surface area contributed by atoms with Crippen molar-refractivity contribution in [2.75, 3.05) is 6.54 Å². The molecule has 0 saturated heterocycles. The van der Waals surface area contributed by atoms with E-state index in [1.54, 1.807) is 19.1 Å². The van der Waals surface area contributed by atoms with Crippen LogP contribution in [0.15, 0.2) is 24.3 Å². The highest BCUT2D eigenvalue weighted by atomic mass is 16.1. The van der Waals surface area contributed by atoms with Crippen LogP contribution in [0.3, 0.4) is 0 Å². The van der Waals surface area contributed by atoms with Crippen molar-refractivity contribution in [2.45, 2.75) is 26.3 Å². The third-order valence-electron chi connectivity index (χ3n) is 2.45. The van der Waals surface area contributed by atoms with Gasteiger partial charge in [0.1, 0.15) is 6.29 Å². The topological polar surface area (TPSA) is 46.2 Å². The minimum Gasteiger partial charge on any atom is -0.308 e. The first-order valence-corrected chi connectivity index (χ1v) is 5.46. The number of hydrogen-bond donors (Lipinski definition) is 1. The van der Waals surface area contributed by atoms with Crippen molar-refractivity contribution in [2.24, 2.45) is 0 Å². The highest BCUT2D eigenvalue weighted by Gasteiger charge is 2.06. The fourth-order valence-corrected chi connectivity index (χ4v) is 1.56. The number of Topliss-reactive ketones (excluding diaryl/α,β-unsaturated/α-hetero) is 1. The van der Waals surface area contributed by atoms with Gasteiger partial charge >= 0.3 is 0 Å². The summed E-state index contributed by atoms with van der Waals surface area (Å²) in [6.45, 7) is 4.28. The second-order valence-electron chi connectivity index (χ2n) is 3.76. The average molecular weight is 219 g/mol. The van der Waals surface area contributed by atoms with Crippen molar-refractivity contribution in [1.29, 1.82) is 0 Å². The summed E-state index contributed by atoms with van der Waals surface area (Å²) in [7, 11) is 0. The average Bonchev–Trinajstić information content (AvgIpc) is 2.29. The zero-order chi connectivity index (χ0) is 12.0. The maximum atomic E-state index is 11.1. The molecule has 0 fully saturated rings. The van der Waals surface area contributed by atoms with Gasteiger partial charge in [0.25, 0.3) is 0 Å². The SMILES string of the molecule is CCNC(C=O)Cc1ccc(C(C)=O)cc1. The molecular formula is C13H17NO2. The summed E-state index contributed by atoms with van der Waals surface area (Å²) >= 11 is 0. The molecule has 0 aliphatic heterocycles. The lowest BCUT2D eigenvalue weighted by atomic mass is 10.0. The van der Waals surface area contributed by atoms with Crippen LogP contribution in [0.2, 0.25) is 0 Å². The van der Waals surface area contributed by atoms with E-state index in [0.29, 0.717) is 12.0 Å². The molecule has 86 valence electrons. The largest absolute Gasteiger partial charge is 0.308 e. The summed E-state index contributed by atoms with van der Waals surface area (Å²) < 4.78 is 0. The first-order chi connectivity index (χ1) is 7.67. The predicted molar refractivity (Wildman–Crippen MR) is 63.7 cm³/mol. The van der Waals surface area contributed by atoms with Crippen LogP contribution in [-0.2, 0) is 11.2 Å². The van der Waals surface area contributed by atoms with Crippen LogP contribution in [0.4, 0.5) is 0 Å². The van der Waals surface area contributed by atoms with Gasteiger partial charge in [0.15, 0.2) is 5.78 Å². The third-order valence-corrected chi connectivity index (χ3v) is 2.45. The van der Waals surface area contributed by atoms with Gasteiger partial charge in [0.2, 0.25) is 0 Å². The first kappa shape index (κ1) is 12.6. The Morgan fingerprint density at radius 2 is 2.00 bits per heavy atom. The molecule has 1 unspecified atom stereocenters. The smallest absolute Gasteiger partial charge is 0.159 e. The zero-order valence-electron chi connectivity index (χ0n) is 9.69. The second kappa shape index (κ2) is 6.18. The van der Waals surface area contributed by atoms with E-state index in [0.717, 1.165) is 18.4 Å². The van der Waals surface area contributed by atoms with E-state index in [1.165, 1.54) is 0 Å². The van der Waals surface area contributed by atoms with Gasteiger partial charge in [0, 0.05) is 5.56 Å². The molecule has 1 N–H and O–H groups in total. The van der Waals surface area contributed by atoms with E-state index in [1.807, 2.05) is 19.1 Å². The molecule has 1 aromatic carbocycles. The summed E-state index contributed by atoms with van der Waals surface area (Å²) in [6.07, 6.45) is 1.58. The molecule has 16 heavy (non-hydrogen) atoms. The molecule has 1 rings (SSSR count). The Labute approximate surface area is 95.9 Å². The standard InChI is InChI=1S/C13H17NO2/c1-3-14-13(9-15)8-11-4-6-12(7-5-11)10(2)16/h4-7,9,13-14H,3,8H2,1-2H3. The monoisotopic (exact) mass is 219 g/mol. The number of ketones is 1. The summed E-state index contributed by atoms with van der Waals surface area (Å²) in [5, 5.41) is 3.08. The normalized spacial score (nSPS) is 12.1. The lowest BCUT2D eigenvalue weighted by Crippen LogP contribution is -2.32. The number of carbonyl (C=O) groups excluding carboxylic acids is 2. The van der Waals surface area contributed by atoms with Crippen LogP contribution in [0.5, 0.6) is 0 Å². The summed E-state index contributed by atoms with van der Waals surface area (Å²) in [5.74, 6) is 0.0603. The molecule has 0 spiro atoms. The van der Waals surface area contributed by atoms with Gasteiger partial charge in [-0.3, -0.25) is 4.79 Å². The van der Waals surface area contributed by atoms with Gasteiger partial charge < -0.3 is 10.1 Å². The molecule has 0 heterocycles. The van der Waals surface area contributed by atoms with E-state index < -0.39 is 0 Å². The number of nitrogens with one attached hydrogen (secondary N) is 1.